The topological polar surface area (TPSA) is 43.9 Å². The molecule has 0 N–H and O–H groups in total. The van der Waals surface area contributed by atoms with E-state index >= 15 is 0 Å². The molecule has 0 aromatic heterocycles. The van der Waals surface area contributed by atoms with Gasteiger partial charge in [-0.15, -0.1) is 0 Å². The van der Waals surface area contributed by atoms with E-state index in [1.165, 1.54) is 19.3 Å². The van der Waals surface area contributed by atoms with Crippen LogP contribution in [0.15, 0.2) is 0 Å². The standard InChI is InChI=1S/C18H31N3O2/c1-14(2)17(22)21-11-4-8-16(21)18(23)20-10-5-9-19(12-13-20)15-6-3-7-15/h14-16H,3-13H2,1-2H3/t16-/m0/s1. The van der Waals surface area contributed by atoms with Crippen LogP contribution in [0.4, 0.5) is 0 Å². The number of nitrogens with zero attached hydrogens (tertiary/aromatic N) is 3. The highest BCUT2D eigenvalue weighted by atomic mass is 16.2. The fraction of sp³-hybridized carbons (Fsp3) is 0.889. The number of carbonyl (C=O) groups excluding carboxylic acids is 2. The van der Waals surface area contributed by atoms with Gasteiger partial charge in [-0.3, -0.25) is 14.5 Å². The zero-order valence-corrected chi connectivity index (χ0v) is 14.7. The van der Waals surface area contributed by atoms with Gasteiger partial charge in [-0.25, -0.2) is 0 Å². The maximum atomic E-state index is 13.0. The molecule has 5 nitrogen and oxygen atoms in total. The first-order valence-corrected chi connectivity index (χ1v) is 9.41. The predicted octanol–water partition coefficient (Wildman–Crippen LogP) is 1.72. The van der Waals surface area contributed by atoms with Crippen molar-refractivity contribution in [1.29, 1.82) is 0 Å². The molecule has 3 rings (SSSR count). The molecular weight excluding hydrogens is 290 g/mol. The molecular formula is C18H31N3O2. The molecule has 2 heterocycles. The van der Waals surface area contributed by atoms with Gasteiger partial charge in [0.2, 0.25) is 11.8 Å². The Kier molecular flexibility index (Phi) is 5.24. The number of amides is 2. The van der Waals surface area contributed by atoms with Crippen molar-refractivity contribution in [2.45, 2.75) is 64.5 Å². The highest BCUT2D eigenvalue weighted by Crippen LogP contribution is 2.26. The van der Waals surface area contributed by atoms with E-state index in [1.807, 2.05) is 23.6 Å². The molecule has 2 amide bonds. The van der Waals surface area contributed by atoms with Gasteiger partial charge >= 0.3 is 0 Å². The first kappa shape index (κ1) is 16.7. The Balaban J connectivity index is 1.59. The molecule has 5 heteroatoms. The van der Waals surface area contributed by atoms with E-state index in [4.69, 9.17) is 0 Å². The molecule has 2 saturated heterocycles. The molecule has 130 valence electrons. The van der Waals surface area contributed by atoms with E-state index in [0.717, 1.165) is 58.0 Å². The van der Waals surface area contributed by atoms with E-state index in [2.05, 4.69) is 4.90 Å². The monoisotopic (exact) mass is 321 g/mol. The Bertz CT molecular complexity index is 448. The molecule has 23 heavy (non-hydrogen) atoms. The minimum atomic E-state index is -0.208. The van der Waals surface area contributed by atoms with Crippen molar-refractivity contribution >= 4 is 11.8 Å². The maximum Gasteiger partial charge on any atom is 0.245 e. The van der Waals surface area contributed by atoms with E-state index < -0.39 is 0 Å². The van der Waals surface area contributed by atoms with E-state index in [-0.39, 0.29) is 23.8 Å². The molecule has 3 fully saturated rings. The van der Waals surface area contributed by atoms with Gasteiger partial charge in [0, 0.05) is 44.7 Å². The summed E-state index contributed by atoms with van der Waals surface area (Å²) in [7, 11) is 0. The van der Waals surface area contributed by atoms with Crippen LogP contribution in [0.25, 0.3) is 0 Å². The van der Waals surface area contributed by atoms with E-state index in [9.17, 15) is 9.59 Å². The lowest BCUT2D eigenvalue weighted by atomic mass is 9.91. The third-order valence-electron chi connectivity index (χ3n) is 5.75. The molecule has 1 aliphatic carbocycles. The Morgan fingerprint density at radius 1 is 0.870 bits per heavy atom. The summed E-state index contributed by atoms with van der Waals surface area (Å²) in [4.78, 5) is 31.7. The zero-order valence-electron chi connectivity index (χ0n) is 14.7. The highest BCUT2D eigenvalue weighted by molar-refractivity contribution is 5.89. The van der Waals surface area contributed by atoms with Crippen LogP contribution in [0, 0.1) is 5.92 Å². The van der Waals surface area contributed by atoms with Crippen molar-refractivity contribution in [3.8, 4) is 0 Å². The summed E-state index contributed by atoms with van der Waals surface area (Å²) in [6.45, 7) is 8.39. The van der Waals surface area contributed by atoms with Gasteiger partial charge < -0.3 is 9.80 Å². The normalized spacial score (nSPS) is 27.2. The molecule has 0 bridgehead atoms. The second kappa shape index (κ2) is 7.20. The Hall–Kier alpha value is -1.10. The van der Waals surface area contributed by atoms with Crippen molar-refractivity contribution < 1.29 is 9.59 Å². The van der Waals surface area contributed by atoms with Crippen molar-refractivity contribution in [2.75, 3.05) is 32.7 Å². The quantitative estimate of drug-likeness (QED) is 0.795. The Morgan fingerprint density at radius 2 is 1.65 bits per heavy atom. The van der Waals surface area contributed by atoms with Crippen LogP contribution in [0.5, 0.6) is 0 Å². The molecule has 1 saturated carbocycles. The fourth-order valence-corrected chi connectivity index (χ4v) is 4.10. The number of carbonyl (C=O) groups is 2. The van der Waals surface area contributed by atoms with Crippen molar-refractivity contribution in [3.05, 3.63) is 0 Å². The lowest BCUT2D eigenvalue weighted by Gasteiger charge is -2.37. The molecule has 3 aliphatic rings. The SMILES string of the molecule is CC(C)C(=O)N1CCC[C@H]1C(=O)N1CCCN(C2CCC2)CC1. The summed E-state index contributed by atoms with van der Waals surface area (Å²) >= 11 is 0. The van der Waals surface area contributed by atoms with Gasteiger partial charge in [-0.2, -0.15) is 0 Å². The van der Waals surface area contributed by atoms with E-state index in [0.29, 0.717) is 0 Å². The van der Waals surface area contributed by atoms with Gasteiger partial charge in [-0.05, 0) is 32.1 Å². The number of hydrogen-bond donors (Lipinski definition) is 0. The van der Waals surface area contributed by atoms with Crippen molar-refractivity contribution in [3.63, 3.8) is 0 Å². The van der Waals surface area contributed by atoms with Crippen LogP contribution in [0.1, 0.15) is 52.4 Å². The summed E-state index contributed by atoms with van der Waals surface area (Å²) in [6.07, 6.45) is 6.86. The molecule has 0 radical (unpaired) electrons. The second-order valence-corrected chi connectivity index (χ2v) is 7.64. The van der Waals surface area contributed by atoms with Crippen molar-refractivity contribution in [2.24, 2.45) is 5.92 Å². The van der Waals surface area contributed by atoms with Crippen LogP contribution in [0.2, 0.25) is 0 Å². The molecule has 0 spiro atoms. The van der Waals surface area contributed by atoms with E-state index in [1.54, 1.807) is 0 Å². The van der Waals surface area contributed by atoms with Crippen LogP contribution in [-0.2, 0) is 9.59 Å². The van der Waals surface area contributed by atoms with Gasteiger partial charge in [0.05, 0.1) is 0 Å². The Morgan fingerprint density at radius 3 is 2.30 bits per heavy atom. The molecule has 2 aliphatic heterocycles. The smallest absolute Gasteiger partial charge is 0.245 e. The summed E-state index contributed by atoms with van der Waals surface area (Å²) in [5, 5.41) is 0. The minimum Gasteiger partial charge on any atom is -0.340 e. The van der Waals surface area contributed by atoms with Gasteiger partial charge in [0.25, 0.3) is 0 Å². The largest absolute Gasteiger partial charge is 0.340 e. The fourth-order valence-electron chi connectivity index (χ4n) is 4.10. The van der Waals surface area contributed by atoms with Crippen LogP contribution >= 0.6 is 0 Å². The van der Waals surface area contributed by atoms with Crippen LogP contribution < -0.4 is 0 Å². The van der Waals surface area contributed by atoms with Crippen LogP contribution in [0.3, 0.4) is 0 Å². The molecule has 0 aromatic carbocycles. The average Bonchev–Trinajstić information content (AvgIpc) is 2.84. The summed E-state index contributed by atoms with van der Waals surface area (Å²) in [6, 6.07) is 0.552. The number of hydrogen-bond acceptors (Lipinski definition) is 3. The van der Waals surface area contributed by atoms with Gasteiger partial charge in [0.15, 0.2) is 0 Å². The summed E-state index contributed by atoms with van der Waals surface area (Å²) in [5.74, 6) is 0.292. The molecule has 0 aromatic rings. The number of likely N-dealkylation sites (tertiary alicyclic amines) is 1. The number of rotatable bonds is 3. The maximum absolute atomic E-state index is 13.0. The Labute approximate surface area is 140 Å². The van der Waals surface area contributed by atoms with Crippen molar-refractivity contribution in [1.82, 2.24) is 14.7 Å². The summed E-state index contributed by atoms with van der Waals surface area (Å²) < 4.78 is 0. The average molecular weight is 321 g/mol. The minimum absolute atomic E-state index is 0.0263. The van der Waals surface area contributed by atoms with Gasteiger partial charge in [0.1, 0.15) is 6.04 Å². The first-order chi connectivity index (χ1) is 11.1. The molecule has 0 unspecified atom stereocenters. The lowest BCUT2D eigenvalue weighted by Crippen LogP contribution is -2.50. The van der Waals surface area contributed by atoms with Gasteiger partial charge in [-0.1, -0.05) is 20.3 Å². The predicted molar refractivity (Wildman–Crippen MR) is 90.0 cm³/mol. The molecule has 1 atom stereocenters. The second-order valence-electron chi connectivity index (χ2n) is 7.64. The highest BCUT2D eigenvalue weighted by Gasteiger charge is 2.38. The third-order valence-corrected chi connectivity index (χ3v) is 5.75. The van der Waals surface area contributed by atoms with Crippen LogP contribution in [-0.4, -0.2) is 71.3 Å². The first-order valence-electron chi connectivity index (χ1n) is 9.41. The zero-order chi connectivity index (χ0) is 16.4. The third kappa shape index (κ3) is 3.54. The summed E-state index contributed by atoms with van der Waals surface area (Å²) in [5.41, 5.74) is 0. The lowest BCUT2D eigenvalue weighted by molar-refractivity contribution is -0.145.